The highest BCUT2D eigenvalue weighted by Gasteiger charge is 2.18. The maximum absolute atomic E-state index is 5.97. The number of nitrogens with one attached hydrogen (secondary N) is 1. The number of hydrogen-bond donors (Lipinski definition) is 1. The molecule has 1 aliphatic rings. The highest BCUT2D eigenvalue weighted by Crippen LogP contribution is 2.31. The Morgan fingerprint density at radius 3 is 3.15 bits per heavy atom. The third kappa shape index (κ3) is 2.81. The van der Waals surface area contributed by atoms with Crippen LogP contribution < -0.4 is 10.1 Å². The molecule has 0 amide bonds. The fraction of sp³-hybridized carbons (Fsp3) is 0.500. The number of hydrogen-bond acceptors (Lipinski definition) is 4. The van der Waals surface area contributed by atoms with Crippen LogP contribution in [0.2, 0.25) is 0 Å². The molecule has 1 N–H and O–H groups in total. The van der Waals surface area contributed by atoms with Crippen molar-refractivity contribution in [3.8, 4) is 5.75 Å². The Hall–Kier alpha value is -1.13. The average Bonchev–Trinajstić information content (AvgIpc) is 3.12. The Kier molecular flexibility index (Phi) is 4.22. The molecule has 0 radical (unpaired) electrons. The highest BCUT2D eigenvalue weighted by atomic mass is 32.2. The molecule has 4 heteroatoms. The molecule has 1 fully saturated rings. The third-order valence-electron chi connectivity index (χ3n) is 3.85. The van der Waals surface area contributed by atoms with E-state index in [4.69, 9.17) is 9.15 Å². The van der Waals surface area contributed by atoms with E-state index in [-0.39, 0.29) is 6.04 Å². The average molecular weight is 291 g/mol. The summed E-state index contributed by atoms with van der Waals surface area (Å²) >= 11 is 2.08. The second-order valence-corrected chi connectivity index (χ2v) is 6.70. The van der Waals surface area contributed by atoms with Gasteiger partial charge < -0.3 is 14.5 Å². The summed E-state index contributed by atoms with van der Waals surface area (Å²) < 4.78 is 11.3. The summed E-state index contributed by atoms with van der Waals surface area (Å²) in [6.07, 6.45) is 2.69. The van der Waals surface area contributed by atoms with Gasteiger partial charge in [0, 0.05) is 17.2 Å². The van der Waals surface area contributed by atoms with Crippen LogP contribution in [0.25, 0.3) is 11.0 Å². The molecule has 20 heavy (non-hydrogen) atoms. The second-order valence-electron chi connectivity index (χ2n) is 5.29. The third-order valence-corrected chi connectivity index (χ3v) is 5.25. The molecule has 2 unspecified atom stereocenters. The Morgan fingerprint density at radius 1 is 1.50 bits per heavy atom. The minimum Gasteiger partial charge on any atom is -0.493 e. The van der Waals surface area contributed by atoms with Crippen LogP contribution in [0.1, 0.15) is 31.6 Å². The number of rotatable bonds is 5. The fourth-order valence-corrected chi connectivity index (χ4v) is 3.86. The van der Waals surface area contributed by atoms with E-state index in [1.54, 1.807) is 7.11 Å². The Labute approximate surface area is 124 Å². The maximum Gasteiger partial charge on any atom is 0.176 e. The van der Waals surface area contributed by atoms with Crippen LogP contribution in [0.5, 0.6) is 5.75 Å². The summed E-state index contributed by atoms with van der Waals surface area (Å²) in [4.78, 5) is 0. The number of furan rings is 1. The topological polar surface area (TPSA) is 34.4 Å². The van der Waals surface area contributed by atoms with Crippen molar-refractivity contribution in [3.63, 3.8) is 0 Å². The van der Waals surface area contributed by atoms with Crippen molar-refractivity contribution in [1.29, 1.82) is 0 Å². The van der Waals surface area contributed by atoms with Crippen molar-refractivity contribution >= 4 is 22.7 Å². The van der Waals surface area contributed by atoms with Gasteiger partial charge in [-0.25, -0.2) is 0 Å². The van der Waals surface area contributed by atoms with Crippen LogP contribution in [-0.2, 0) is 0 Å². The molecule has 3 rings (SSSR count). The molecule has 0 bridgehead atoms. The Bertz CT molecular complexity index is 575. The molecule has 1 aromatic heterocycles. The van der Waals surface area contributed by atoms with Gasteiger partial charge in [-0.1, -0.05) is 12.1 Å². The first-order chi connectivity index (χ1) is 9.78. The molecule has 0 aliphatic carbocycles. The molecule has 0 saturated carbocycles. The largest absolute Gasteiger partial charge is 0.493 e. The van der Waals surface area contributed by atoms with E-state index in [0.717, 1.165) is 34.3 Å². The van der Waals surface area contributed by atoms with Crippen LogP contribution >= 0.6 is 11.8 Å². The van der Waals surface area contributed by atoms with Crippen LogP contribution in [0, 0.1) is 0 Å². The summed E-state index contributed by atoms with van der Waals surface area (Å²) in [5, 5.41) is 5.44. The normalized spacial score (nSPS) is 20.4. The van der Waals surface area contributed by atoms with Gasteiger partial charge in [-0.05, 0) is 37.7 Å². The van der Waals surface area contributed by atoms with E-state index in [0.29, 0.717) is 0 Å². The Morgan fingerprint density at radius 2 is 2.40 bits per heavy atom. The zero-order valence-electron chi connectivity index (χ0n) is 12.0. The maximum atomic E-state index is 5.97. The quantitative estimate of drug-likeness (QED) is 0.903. The van der Waals surface area contributed by atoms with Gasteiger partial charge in [-0.3, -0.25) is 0 Å². The van der Waals surface area contributed by atoms with E-state index in [2.05, 4.69) is 36.1 Å². The molecular formula is C16H21NO2S. The van der Waals surface area contributed by atoms with Crippen molar-refractivity contribution in [2.24, 2.45) is 0 Å². The van der Waals surface area contributed by atoms with Crippen molar-refractivity contribution in [1.82, 2.24) is 5.32 Å². The summed E-state index contributed by atoms with van der Waals surface area (Å²) in [6, 6.07) is 8.33. The van der Waals surface area contributed by atoms with E-state index >= 15 is 0 Å². The predicted molar refractivity (Wildman–Crippen MR) is 84.7 cm³/mol. The molecular weight excluding hydrogens is 270 g/mol. The van der Waals surface area contributed by atoms with Crippen LogP contribution in [0.15, 0.2) is 28.7 Å². The lowest BCUT2D eigenvalue weighted by Gasteiger charge is -2.14. The molecule has 2 heterocycles. The lowest BCUT2D eigenvalue weighted by atomic mass is 10.2. The lowest BCUT2D eigenvalue weighted by Crippen LogP contribution is -2.25. The first-order valence-electron chi connectivity index (χ1n) is 7.19. The Balaban J connectivity index is 1.72. The number of benzene rings is 1. The van der Waals surface area contributed by atoms with E-state index < -0.39 is 0 Å². The molecule has 2 atom stereocenters. The first kappa shape index (κ1) is 13.8. The number of fused-ring (bicyclic) bond motifs is 1. The lowest BCUT2D eigenvalue weighted by molar-refractivity contribution is 0.399. The summed E-state index contributed by atoms with van der Waals surface area (Å²) in [5.41, 5.74) is 0.842. The van der Waals surface area contributed by atoms with Crippen LogP contribution in [0.3, 0.4) is 0 Å². The predicted octanol–water partition coefficient (Wildman–Crippen LogP) is 3.99. The van der Waals surface area contributed by atoms with Crippen LogP contribution in [-0.4, -0.2) is 24.7 Å². The SMILES string of the molecule is COc1cccc2cc(C(C)NCC3CCCS3)oc12. The summed E-state index contributed by atoms with van der Waals surface area (Å²) in [7, 11) is 1.68. The second kappa shape index (κ2) is 6.10. The zero-order valence-corrected chi connectivity index (χ0v) is 12.8. The van der Waals surface area contributed by atoms with Crippen molar-refractivity contribution in [2.75, 3.05) is 19.4 Å². The minimum atomic E-state index is 0.230. The van der Waals surface area contributed by atoms with Gasteiger partial charge in [0.05, 0.1) is 13.2 Å². The smallest absolute Gasteiger partial charge is 0.176 e. The van der Waals surface area contributed by atoms with Gasteiger partial charge in [-0.2, -0.15) is 11.8 Å². The number of thioether (sulfide) groups is 1. The molecule has 3 nitrogen and oxygen atoms in total. The van der Waals surface area contributed by atoms with Gasteiger partial charge in [-0.15, -0.1) is 0 Å². The van der Waals surface area contributed by atoms with Crippen molar-refractivity contribution in [3.05, 3.63) is 30.0 Å². The zero-order chi connectivity index (χ0) is 13.9. The van der Waals surface area contributed by atoms with Crippen LogP contribution in [0.4, 0.5) is 0 Å². The van der Waals surface area contributed by atoms with Gasteiger partial charge >= 0.3 is 0 Å². The van der Waals surface area contributed by atoms with E-state index in [1.807, 2.05) is 12.1 Å². The van der Waals surface area contributed by atoms with E-state index in [9.17, 15) is 0 Å². The van der Waals surface area contributed by atoms with E-state index in [1.165, 1.54) is 18.6 Å². The van der Waals surface area contributed by atoms with Gasteiger partial charge in [0.1, 0.15) is 5.76 Å². The molecule has 0 spiro atoms. The molecule has 1 saturated heterocycles. The van der Waals surface area contributed by atoms with Gasteiger partial charge in [0.15, 0.2) is 11.3 Å². The number of methoxy groups -OCH3 is 1. The highest BCUT2D eigenvalue weighted by molar-refractivity contribution is 8.00. The fourth-order valence-electron chi connectivity index (χ4n) is 2.64. The first-order valence-corrected chi connectivity index (χ1v) is 8.24. The molecule has 108 valence electrons. The van der Waals surface area contributed by atoms with Gasteiger partial charge in [0.2, 0.25) is 0 Å². The minimum absolute atomic E-state index is 0.230. The molecule has 1 aliphatic heterocycles. The number of para-hydroxylation sites is 1. The summed E-state index contributed by atoms with van der Waals surface area (Å²) in [5.74, 6) is 3.09. The monoisotopic (exact) mass is 291 g/mol. The summed E-state index contributed by atoms with van der Waals surface area (Å²) in [6.45, 7) is 3.21. The van der Waals surface area contributed by atoms with Gasteiger partial charge in [0.25, 0.3) is 0 Å². The molecule has 2 aromatic rings. The number of ether oxygens (including phenoxy) is 1. The van der Waals surface area contributed by atoms with Crippen molar-refractivity contribution < 1.29 is 9.15 Å². The van der Waals surface area contributed by atoms with Crippen molar-refractivity contribution in [2.45, 2.75) is 31.1 Å². The molecule has 1 aromatic carbocycles. The standard InChI is InChI=1S/C16H21NO2S/c1-11(17-10-13-6-4-8-20-13)15-9-12-5-3-7-14(18-2)16(12)19-15/h3,5,7,9,11,13,17H,4,6,8,10H2,1-2H3.